The van der Waals surface area contributed by atoms with E-state index in [9.17, 15) is 0 Å². The smallest absolute Gasteiger partial charge is 0.140 e. The van der Waals surface area contributed by atoms with Gasteiger partial charge in [-0.25, -0.2) is 10.8 Å². The normalized spacial score (nSPS) is 21.4. The summed E-state index contributed by atoms with van der Waals surface area (Å²) in [5, 5.41) is 0.790. The lowest BCUT2D eigenvalue weighted by atomic mass is 10.2. The molecule has 1 aromatic heterocycles. The maximum atomic E-state index is 5.37. The minimum Gasteiger partial charge on any atom is -0.308 e. The standard InChI is InChI=1S/C12H20N4S/c1-2-11-9-16(5-6-17-11)8-10-3-4-14-12(7-10)15-13/h3-4,7,11H,2,5-6,8-9,13H2,1H3,(H,14,15). The number of nitrogens with one attached hydrogen (secondary N) is 1. The lowest BCUT2D eigenvalue weighted by Crippen LogP contribution is -2.37. The fourth-order valence-corrected chi connectivity index (χ4v) is 3.33. The van der Waals surface area contributed by atoms with E-state index < -0.39 is 0 Å². The summed E-state index contributed by atoms with van der Waals surface area (Å²) in [5.41, 5.74) is 3.86. The number of rotatable bonds is 4. The summed E-state index contributed by atoms with van der Waals surface area (Å²) in [6.07, 6.45) is 3.06. The zero-order chi connectivity index (χ0) is 12.1. The molecule has 0 bridgehead atoms. The number of hydrogen-bond donors (Lipinski definition) is 2. The lowest BCUT2D eigenvalue weighted by Gasteiger charge is -2.31. The van der Waals surface area contributed by atoms with Crippen LogP contribution in [0.5, 0.6) is 0 Å². The van der Waals surface area contributed by atoms with Gasteiger partial charge in [-0.15, -0.1) is 0 Å². The van der Waals surface area contributed by atoms with Crippen molar-refractivity contribution >= 4 is 17.6 Å². The summed E-state index contributed by atoms with van der Waals surface area (Å²) in [5.74, 6) is 7.34. The Labute approximate surface area is 107 Å². The Morgan fingerprint density at radius 1 is 1.65 bits per heavy atom. The second-order valence-corrected chi connectivity index (χ2v) is 5.74. The van der Waals surface area contributed by atoms with Crippen molar-refractivity contribution in [3.8, 4) is 0 Å². The molecule has 1 aromatic rings. The SMILES string of the molecule is CCC1CN(Cc2ccnc(NN)c2)CCS1. The fourth-order valence-electron chi connectivity index (χ4n) is 2.08. The summed E-state index contributed by atoms with van der Waals surface area (Å²) in [6, 6.07) is 4.08. The first-order valence-electron chi connectivity index (χ1n) is 6.07. The quantitative estimate of drug-likeness (QED) is 0.631. The Kier molecular flexibility index (Phi) is 4.65. The first kappa shape index (κ1) is 12.7. The molecule has 94 valence electrons. The van der Waals surface area contributed by atoms with Gasteiger partial charge in [-0.05, 0) is 24.1 Å². The second kappa shape index (κ2) is 6.23. The van der Waals surface area contributed by atoms with E-state index in [0.717, 1.165) is 17.6 Å². The average Bonchev–Trinajstić information content (AvgIpc) is 2.39. The number of anilines is 1. The van der Waals surface area contributed by atoms with E-state index in [2.05, 4.69) is 40.1 Å². The van der Waals surface area contributed by atoms with Crippen LogP contribution in [-0.2, 0) is 6.54 Å². The van der Waals surface area contributed by atoms with Crippen molar-refractivity contribution in [2.45, 2.75) is 25.1 Å². The van der Waals surface area contributed by atoms with Crippen molar-refractivity contribution in [2.75, 3.05) is 24.3 Å². The third-order valence-corrected chi connectivity index (χ3v) is 4.43. The number of nitrogens with zero attached hydrogens (tertiary/aromatic N) is 2. The van der Waals surface area contributed by atoms with Crippen molar-refractivity contribution in [1.29, 1.82) is 0 Å². The van der Waals surface area contributed by atoms with Gasteiger partial charge in [0.15, 0.2) is 0 Å². The largest absolute Gasteiger partial charge is 0.308 e. The van der Waals surface area contributed by atoms with Crippen LogP contribution in [0.25, 0.3) is 0 Å². The topological polar surface area (TPSA) is 54.2 Å². The molecule has 1 aliphatic heterocycles. The molecule has 1 atom stereocenters. The molecule has 2 heterocycles. The molecule has 1 unspecified atom stereocenters. The minimum absolute atomic E-state index is 0.737. The zero-order valence-electron chi connectivity index (χ0n) is 10.2. The van der Waals surface area contributed by atoms with Crippen LogP contribution in [0, 0.1) is 0 Å². The molecule has 3 N–H and O–H groups in total. The van der Waals surface area contributed by atoms with Crippen LogP contribution in [0.15, 0.2) is 18.3 Å². The molecule has 1 fully saturated rings. The Morgan fingerprint density at radius 3 is 3.29 bits per heavy atom. The summed E-state index contributed by atoms with van der Waals surface area (Å²) in [4.78, 5) is 6.64. The van der Waals surface area contributed by atoms with Crippen LogP contribution in [0.3, 0.4) is 0 Å². The Bertz CT molecular complexity index is 358. The monoisotopic (exact) mass is 252 g/mol. The minimum atomic E-state index is 0.737. The molecular weight excluding hydrogens is 232 g/mol. The molecule has 0 aromatic carbocycles. The van der Waals surface area contributed by atoms with Crippen LogP contribution in [-0.4, -0.2) is 34.0 Å². The number of hydrogen-bond acceptors (Lipinski definition) is 5. The van der Waals surface area contributed by atoms with Crippen molar-refractivity contribution in [1.82, 2.24) is 9.88 Å². The summed E-state index contributed by atoms with van der Waals surface area (Å²) in [7, 11) is 0. The third kappa shape index (κ3) is 3.59. The zero-order valence-corrected chi connectivity index (χ0v) is 11.0. The molecule has 0 saturated carbocycles. The van der Waals surface area contributed by atoms with E-state index in [4.69, 9.17) is 5.84 Å². The highest BCUT2D eigenvalue weighted by atomic mass is 32.2. The van der Waals surface area contributed by atoms with E-state index in [-0.39, 0.29) is 0 Å². The second-order valence-electron chi connectivity index (χ2n) is 4.33. The first-order valence-corrected chi connectivity index (χ1v) is 7.12. The highest BCUT2D eigenvalue weighted by Gasteiger charge is 2.18. The van der Waals surface area contributed by atoms with Crippen LogP contribution < -0.4 is 11.3 Å². The van der Waals surface area contributed by atoms with Gasteiger partial charge >= 0.3 is 0 Å². The maximum absolute atomic E-state index is 5.37. The highest BCUT2D eigenvalue weighted by molar-refractivity contribution is 8.00. The summed E-state index contributed by atoms with van der Waals surface area (Å²) >= 11 is 2.10. The van der Waals surface area contributed by atoms with Gasteiger partial charge in [0.05, 0.1) is 0 Å². The van der Waals surface area contributed by atoms with E-state index in [1.165, 1.54) is 30.8 Å². The first-order chi connectivity index (χ1) is 8.31. The molecule has 5 heteroatoms. The van der Waals surface area contributed by atoms with Crippen LogP contribution in [0.2, 0.25) is 0 Å². The predicted octanol–water partition coefficient (Wildman–Crippen LogP) is 1.69. The highest BCUT2D eigenvalue weighted by Crippen LogP contribution is 2.22. The number of nitrogens with two attached hydrogens (primary N) is 1. The lowest BCUT2D eigenvalue weighted by molar-refractivity contribution is 0.273. The molecule has 2 rings (SSSR count). The molecule has 17 heavy (non-hydrogen) atoms. The van der Waals surface area contributed by atoms with Crippen LogP contribution >= 0.6 is 11.8 Å². The molecule has 0 amide bonds. The number of pyridine rings is 1. The molecule has 1 aliphatic rings. The number of hydrazine groups is 1. The molecule has 0 radical (unpaired) electrons. The maximum Gasteiger partial charge on any atom is 0.140 e. The van der Waals surface area contributed by atoms with Gasteiger partial charge in [0, 0.05) is 36.8 Å². The van der Waals surface area contributed by atoms with Crippen molar-refractivity contribution in [3.63, 3.8) is 0 Å². The predicted molar refractivity (Wildman–Crippen MR) is 73.9 cm³/mol. The van der Waals surface area contributed by atoms with Crippen LogP contribution in [0.4, 0.5) is 5.82 Å². The summed E-state index contributed by atoms with van der Waals surface area (Å²) in [6.45, 7) is 5.63. The number of thioether (sulfide) groups is 1. The van der Waals surface area contributed by atoms with Gasteiger partial charge in [0.1, 0.15) is 5.82 Å². The molecular formula is C12H20N4S. The van der Waals surface area contributed by atoms with E-state index in [1.807, 2.05) is 6.07 Å². The van der Waals surface area contributed by atoms with Crippen molar-refractivity contribution in [2.24, 2.45) is 5.84 Å². The number of aromatic nitrogens is 1. The van der Waals surface area contributed by atoms with Gasteiger partial charge in [-0.1, -0.05) is 6.92 Å². The van der Waals surface area contributed by atoms with Gasteiger partial charge in [-0.3, -0.25) is 4.90 Å². The van der Waals surface area contributed by atoms with Crippen molar-refractivity contribution < 1.29 is 0 Å². The number of nitrogen functional groups attached to an aromatic ring is 1. The molecule has 0 aliphatic carbocycles. The molecule has 0 spiro atoms. The van der Waals surface area contributed by atoms with E-state index in [1.54, 1.807) is 6.20 Å². The third-order valence-electron chi connectivity index (χ3n) is 3.06. The van der Waals surface area contributed by atoms with Crippen molar-refractivity contribution in [3.05, 3.63) is 23.9 Å². The Balaban J connectivity index is 1.95. The average molecular weight is 252 g/mol. The van der Waals surface area contributed by atoms with Crippen LogP contribution in [0.1, 0.15) is 18.9 Å². The fraction of sp³-hybridized carbons (Fsp3) is 0.583. The summed E-state index contributed by atoms with van der Waals surface area (Å²) < 4.78 is 0. The van der Waals surface area contributed by atoms with E-state index >= 15 is 0 Å². The molecule has 1 saturated heterocycles. The Hall–Kier alpha value is -0.780. The molecule has 4 nitrogen and oxygen atoms in total. The van der Waals surface area contributed by atoms with Gasteiger partial charge in [0.25, 0.3) is 0 Å². The van der Waals surface area contributed by atoms with E-state index in [0.29, 0.717) is 0 Å². The Morgan fingerprint density at radius 2 is 2.53 bits per heavy atom. The van der Waals surface area contributed by atoms with Gasteiger partial charge < -0.3 is 5.43 Å². The van der Waals surface area contributed by atoms with Gasteiger partial charge in [0.2, 0.25) is 0 Å². The van der Waals surface area contributed by atoms with Gasteiger partial charge in [-0.2, -0.15) is 11.8 Å².